The SMILES string of the molecule is CCn1nc(C(=O)Nc2cccc(C)c2C(=O)N2CCCC2)c2ccccc2c1=O. The van der Waals surface area contributed by atoms with Crippen molar-refractivity contribution in [1.29, 1.82) is 0 Å². The maximum Gasteiger partial charge on any atom is 0.276 e. The summed E-state index contributed by atoms with van der Waals surface area (Å²) < 4.78 is 1.28. The Morgan fingerprint density at radius 3 is 2.43 bits per heavy atom. The Labute approximate surface area is 174 Å². The lowest BCUT2D eigenvalue weighted by Gasteiger charge is -2.20. The summed E-state index contributed by atoms with van der Waals surface area (Å²) >= 11 is 0. The Morgan fingerprint density at radius 2 is 1.73 bits per heavy atom. The van der Waals surface area contributed by atoms with Gasteiger partial charge in [-0.1, -0.05) is 30.3 Å². The Bertz CT molecular complexity index is 1190. The predicted octanol–water partition coefficient (Wildman–Crippen LogP) is 3.21. The van der Waals surface area contributed by atoms with Crippen LogP contribution in [0.25, 0.3) is 10.8 Å². The molecule has 0 radical (unpaired) electrons. The standard InChI is InChI=1S/C23H24N4O3/c1-3-27-22(29)17-11-5-4-10-16(17)20(25-27)21(28)24-18-12-8-9-15(2)19(18)23(30)26-13-6-7-14-26/h4-5,8-12H,3,6-7,13-14H2,1-2H3,(H,24,28). The van der Waals surface area contributed by atoms with Crippen LogP contribution < -0.4 is 10.9 Å². The molecule has 0 aliphatic carbocycles. The molecule has 2 aromatic carbocycles. The first-order valence-corrected chi connectivity index (χ1v) is 10.2. The first kappa shape index (κ1) is 19.8. The number of carbonyl (C=O) groups excluding carboxylic acids is 2. The number of fused-ring (bicyclic) bond motifs is 1. The van der Waals surface area contributed by atoms with Gasteiger partial charge in [-0.25, -0.2) is 4.68 Å². The van der Waals surface area contributed by atoms with Crippen molar-refractivity contribution in [3.05, 3.63) is 69.6 Å². The van der Waals surface area contributed by atoms with Crippen LogP contribution in [0.4, 0.5) is 5.69 Å². The van der Waals surface area contributed by atoms with Crippen molar-refractivity contribution in [3.8, 4) is 0 Å². The van der Waals surface area contributed by atoms with Crippen LogP contribution in [0.2, 0.25) is 0 Å². The first-order chi connectivity index (χ1) is 14.5. The fourth-order valence-electron chi connectivity index (χ4n) is 3.93. The molecule has 0 unspecified atom stereocenters. The van der Waals surface area contributed by atoms with Gasteiger partial charge < -0.3 is 10.2 Å². The monoisotopic (exact) mass is 404 g/mol. The number of benzene rings is 2. The summed E-state index contributed by atoms with van der Waals surface area (Å²) in [5.74, 6) is -0.522. The summed E-state index contributed by atoms with van der Waals surface area (Å²) in [6.45, 7) is 5.48. The molecule has 1 N–H and O–H groups in total. The summed E-state index contributed by atoms with van der Waals surface area (Å²) in [4.78, 5) is 40.6. The highest BCUT2D eigenvalue weighted by Gasteiger charge is 2.25. The van der Waals surface area contributed by atoms with Gasteiger partial charge in [0.2, 0.25) is 0 Å². The highest BCUT2D eigenvalue weighted by Crippen LogP contribution is 2.25. The molecular weight excluding hydrogens is 380 g/mol. The molecule has 0 saturated carbocycles. The maximum absolute atomic E-state index is 13.2. The lowest BCUT2D eigenvalue weighted by atomic mass is 10.0. The van der Waals surface area contributed by atoms with Crippen LogP contribution in [-0.4, -0.2) is 39.6 Å². The Morgan fingerprint density at radius 1 is 1.03 bits per heavy atom. The first-order valence-electron chi connectivity index (χ1n) is 10.2. The van der Waals surface area contributed by atoms with Gasteiger partial charge in [0.15, 0.2) is 5.69 Å². The van der Waals surface area contributed by atoms with E-state index in [1.165, 1.54) is 4.68 Å². The smallest absolute Gasteiger partial charge is 0.276 e. The van der Waals surface area contributed by atoms with E-state index in [0.717, 1.165) is 31.5 Å². The Balaban J connectivity index is 1.75. The van der Waals surface area contributed by atoms with E-state index in [1.54, 1.807) is 37.3 Å². The molecule has 154 valence electrons. The molecule has 1 aliphatic heterocycles. The Hall–Kier alpha value is -3.48. The molecule has 0 bridgehead atoms. The Kier molecular flexibility index (Phi) is 5.35. The normalized spacial score (nSPS) is 13.6. The van der Waals surface area contributed by atoms with Crippen LogP contribution >= 0.6 is 0 Å². The highest BCUT2D eigenvalue weighted by atomic mass is 16.2. The zero-order valence-electron chi connectivity index (χ0n) is 17.1. The maximum atomic E-state index is 13.2. The van der Waals surface area contributed by atoms with E-state index >= 15 is 0 Å². The van der Waals surface area contributed by atoms with Gasteiger partial charge in [-0.2, -0.15) is 5.10 Å². The minimum Gasteiger partial charge on any atom is -0.339 e. The predicted molar refractivity (Wildman–Crippen MR) is 116 cm³/mol. The van der Waals surface area contributed by atoms with E-state index in [9.17, 15) is 14.4 Å². The van der Waals surface area contributed by atoms with E-state index in [1.807, 2.05) is 24.0 Å². The van der Waals surface area contributed by atoms with E-state index < -0.39 is 5.91 Å². The van der Waals surface area contributed by atoms with Crippen molar-refractivity contribution in [3.63, 3.8) is 0 Å². The number of aromatic nitrogens is 2. The number of aryl methyl sites for hydroxylation is 2. The second kappa shape index (κ2) is 8.10. The third-order valence-corrected chi connectivity index (χ3v) is 5.51. The lowest BCUT2D eigenvalue weighted by Crippen LogP contribution is -2.30. The summed E-state index contributed by atoms with van der Waals surface area (Å²) in [5.41, 5.74) is 1.69. The van der Waals surface area contributed by atoms with Crippen molar-refractivity contribution >= 4 is 28.3 Å². The molecular formula is C23H24N4O3. The van der Waals surface area contributed by atoms with Crippen LogP contribution in [0.3, 0.4) is 0 Å². The number of carbonyl (C=O) groups is 2. The summed E-state index contributed by atoms with van der Waals surface area (Å²) in [6.07, 6.45) is 1.99. The van der Waals surface area contributed by atoms with Crippen molar-refractivity contribution in [2.24, 2.45) is 0 Å². The quantitative estimate of drug-likeness (QED) is 0.724. The minimum atomic E-state index is -0.450. The number of hydrogen-bond donors (Lipinski definition) is 1. The molecule has 0 spiro atoms. The van der Waals surface area contributed by atoms with Crippen LogP contribution in [0.15, 0.2) is 47.3 Å². The molecule has 3 aromatic rings. The van der Waals surface area contributed by atoms with Crippen molar-refractivity contribution in [2.45, 2.75) is 33.2 Å². The van der Waals surface area contributed by atoms with E-state index in [0.29, 0.717) is 28.6 Å². The third kappa shape index (κ3) is 3.47. The zero-order chi connectivity index (χ0) is 21.3. The van der Waals surface area contributed by atoms with Gasteiger partial charge in [0.05, 0.1) is 16.6 Å². The number of nitrogens with zero attached hydrogens (tertiary/aromatic N) is 3. The van der Waals surface area contributed by atoms with Crippen LogP contribution in [0.5, 0.6) is 0 Å². The molecule has 2 amide bonds. The summed E-state index contributed by atoms with van der Waals surface area (Å²) in [7, 11) is 0. The topological polar surface area (TPSA) is 84.3 Å². The average molecular weight is 404 g/mol. The number of nitrogens with one attached hydrogen (secondary N) is 1. The summed E-state index contributed by atoms with van der Waals surface area (Å²) in [6, 6.07) is 12.3. The number of anilines is 1. The third-order valence-electron chi connectivity index (χ3n) is 5.51. The average Bonchev–Trinajstić information content (AvgIpc) is 3.29. The lowest BCUT2D eigenvalue weighted by molar-refractivity contribution is 0.0793. The van der Waals surface area contributed by atoms with E-state index in [4.69, 9.17) is 0 Å². The second-order valence-electron chi connectivity index (χ2n) is 7.47. The van der Waals surface area contributed by atoms with Crippen LogP contribution in [-0.2, 0) is 6.54 Å². The molecule has 1 aliphatic rings. The van der Waals surface area contributed by atoms with Crippen molar-refractivity contribution < 1.29 is 9.59 Å². The zero-order valence-corrected chi connectivity index (χ0v) is 17.1. The fraction of sp³-hybridized carbons (Fsp3) is 0.304. The largest absolute Gasteiger partial charge is 0.339 e. The molecule has 7 heteroatoms. The van der Waals surface area contributed by atoms with Gasteiger partial charge in [0, 0.05) is 25.0 Å². The van der Waals surface area contributed by atoms with E-state index in [2.05, 4.69) is 10.4 Å². The molecule has 1 aromatic heterocycles. The number of rotatable bonds is 4. The minimum absolute atomic E-state index is 0.0720. The molecule has 1 fully saturated rings. The second-order valence-corrected chi connectivity index (χ2v) is 7.47. The molecule has 7 nitrogen and oxygen atoms in total. The van der Waals surface area contributed by atoms with Gasteiger partial charge >= 0.3 is 0 Å². The molecule has 2 heterocycles. The van der Waals surface area contributed by atoms with Gasteiger partial charge in [-0.3, -0.25) is 14.4 Å². The number of amides is 2. The summed E-state index contributed by atoms with van der Waals surface area (Å²) in [5, 5.41) is 8.09. The van der Waals surface area contributed by atoms with Crippen molar-refractivity contribution in [1.82, 2.24) is 14.7 Å². The molecule has 0 atom stereocenters. The number of hydrogen-bond acceptors (Lipinski definition) is 4. The van der Waals surface area contributed by atoms with Crippen LogP contribution in [0.1, 0.15) is 46.2 Å². The van der Waals surface area contributed by atoms with Gasteiger partial charge in [0.1, 0.15) is 0 Å². The van der Waals surface area contributed by atoms with E-state index in [-0.39, 0.29) is 17.2 Å². The molecule has 4 rings (SSSR count). The van der Waals surface area contributed by atoms with Gasteiger partial charge in [0.25, 0.3) is 17.4 Å². The van der Waals surface area contributed by atoms with Crippen LogP contribution in [0, 0.1) is 6.92 Å². The highest BCUT2D eigenvalue weighted by molar-refractivity contribution is 6.13. The van der Waals surface area contributed by atoms with Gasteiger partial charge in [-0.05, 0) is 44.4 Å². The molecule has 30 heavy (non-hydrogen) atoms. The van der Waals surface area contributed by atoms with Gasteiger partial charge in [-0.15, -0.1) is 0 Å². The fourth-order valence-corrected chi connectivity index (χ4v) is 3.93. The number of likely N-dealkylation sites (tertiary alicyclic amines) is 1. The van der Waals surface area contributed by atoms with Crippen molar-refractivity contribution in [2.75, 3.05) is 18.4 Å². The molecule has 1 saturated heterocycles.